The van der Waals surface area contributed by atoms with Crippen LogP contribution in [0.25, 0.3) is 0 Å². The van der Waals surface area contributed by atoms with E-state index in [0.29, 0.717) is 12.8 Å². The molecule has 1 aliphatic rings. The zero-order valence-corrected chi connectivity index (χ0v) is 13.6. The minimum atomic E-state index is -3.37. The number of rotatable bonds is 5. The number of nitrogens with zero attached hydrogens (tertiary/aromatic N) is 1. The maximum atomic E-state index is 12.1. The Morgan fingerprint density at radius 2 is 2.05 bits per heavy atom. The van der Waals surface area contributed by atoms with E-state index in [9.17, 15) is 18.0 Å². The highest BCUT2D eigenvalue weighted by molar-refractivity contribution is 7.89. The number of hydrogen-bond donors (Lipinski definition) is 2. The van der Waals surface area contributed by atoms with Crippen LogP contribution in [0.15, 0.2) is 0 Å². The first-order valence-corrected chi connectivity index (χ1v) is 8.42. The number of hydrogen-bond acceptors (Lipinski definition) is 5. The number of carbonyl (C=O) groups excluding carboxylic acids is 2. The fraction of sp³-hybridized carbons (Fsp3) is 0.833. The van der Waals surface area contributed by atoms with Gasteiger partial charge in [-0.3, -0.25) is 9.69 Å². The van der Waals surface area contributed by atoms with Crippen LogP contribution in [0.3, 0.4) is 0 Å². The van der Waals surface area contributed by atoms with E-state index in [0.717, 1.165) is 0 Å². The number of ether oxygens (including phenoxy) is 1. The summed E-state index contributed by atoms with van der Waals surface area (Å²) in [6.07, 6.45) is -0.377. The van der Waals surface area contributed by atoms with Gasteiger partial charge in [-0.15, -0.1) is 0 Å². The van der Waals surface area contributed by atoms with Crippen LogP contribution < -0.4 is 10.0 Å². The van der Waals surface area contributed by atoms with Crippen molar-refractivity contribution in [3.63, 3.8) is 0 Å². The SMILES string of the molecule is CCS(=O)(=O)N[C@@H]1C[C@@H](NC=O)N(C(=O)OC(C)(C)C)C1. The molecule has 0 aromatic heterocycles. The maximum absolute atomic E-state index is 12.1. The first-order valence-electron chi connectivity index (χ1n) is 6.77. The Kier molecular flexibility index (Phi) is 5.57. The standard InChI is InChI=1S/C12H23N3O5S/c1-5-21(18,19)14-9-6-10(13-8-16)15(7-9)11(17)20-12(2,3)4/h8-10,14H,5-7H2,1-4H3,(H,13,16)/t9-,10+/m1/s1. The van der Waals surface area contributed by atoms with E-state index in [1.807, 2.05) is 0 Å². The predicted octanol–water partition coefficient (Wildman–Crippen LogP) is 0.00720. The molecule has 9 heteroatoms. The lowest BCUT2D eigenvalue weighted by Gasteiger charge is -2.28. The average Bonchev–Trinajstić information content (AvgIpc) is 2.70. The molecule has 2 N–H and O–H groups in total. The van der Waals surface area contributed by atoms with Gasteiger partial charge in [0.25, 0.3) is 0 Å². The fourth-order valence-corrected chi connectivity index (χ4v) is 2.86. The fourth-order valence-electron chi connectivity index (χ4n) is 2.02. The molecule has 0 aliphatic carbocycles. The maximum Gasteiger partial charge on any atom is 0.411 e. The van der Waals surface area contributed by atoms with Gasteiger partial charge in [0.1, 0.15) is 11.8 Å². The van der Waals surface area contributed by atoms with Crippen LogP contribution in [0.5, 0.6) is 0 Å². The third-order valence-electron chi connectivity index (χ3n) is 2.92. The van der Waals surface area contributed by atoms with E-state index in [4.69, 9.17) is 4.74 Å². The summed E-state index contributed by atoms with van der Waals surface area (Å²) in [6.45, 7) is 6.89. The molecule has 8 nitrogen and oxygen atoms in total. The summed E-state index contributed by atoms with van der Waals surface area (Å²) in [6, 6.07) is -0.445. The lowest BCUT2D eigenvalue weighted by molar-refractivity contribution is -0.110. The van der Waals surface area contributed by atoms with Crippen molar-refractivity contribution in [2.75, 3.05) is 12.3 Å². The van der Waals surface area contributed by atoms with Gasteiger partial charge in [0.2, 0.25) is 16.4 Å². The number of sulfonamides is 1. The van der Waals surface area contributed by atoms with E-state index in [1.165, 1.54) is 11.8 Å². The largest absolute Gasteiger partial charge is 0.444 e. The number of amides is 2. The third-order valence-corrected chi connectivity index (χ3v) is 4.37. The second-order valence-electron chi connectivity index (χ2n) is 5.89. The molecular formula is C12H23N3O5S. The van der Waals surface area contributed by atoms with Crippen LogP contribution in [0, 0.1) is 0 Å². The summed E-state index contributed by atoms with van der Waals surface area (Å²) in [5, 5.41) is 2.50. The van der Waals surface area contributed by atoms with E-state index in [2.05, 4.69) is 10.0 Å². The zero-order chi connectivity index (χ0) is 16.3. The number of carbonyl (C=O) groups is 2. The summed E-state index contributed by atoms with van der Waals surface area (Å²) in [7, 11) is -3.37. The van der Waals surface area contributed by atoms with Crippen LogP contribution in [0.4, 0.5) is 4.79 Å². The second-order valence-corrected chi connectivity index (χ2v) is 7.93. The predicted molar refractivity (Wildman–Crippen MR) is 76.9 cm³/mol. The van der Waals surface area contributed by atoms with Crippen LogP contribution >= 0.6 is 0 Å². The molecule has 0 saturated carbocycles. The minimum absolute atomic E-state index is 0.0400. The third kappa shape index (κ3) is 5.50. The molecule has 2 amide bonds. The Labute approximate surface area is 125 Å². The molecule has 0 unspecified atom stereocenters. The quantitative estimate of drug-likeness (QED) is 0.694. The van der Waals surface area contributed by atoms with Gasteiger partial charge < -0.3 is 10.1 Å². The molecule has 1 fully saturated rings. The van der Waals surface area contributed by atoms with Gasteiger partial charge in [0.15, 0.2) is 0 Å². The van der Waals surface area contributed by atoms with Crippen molar-refractivity contribution in [1.82, 2.24) is 14.9 Å². The average molecular weight is 321 g/mol. The van der Waals surface area contributed by atoms with Gasteiger partial charge in [0.05, 0.1) is 5.75 Å². The van der Waals surface area contributed by atoms with E-state index >= 15 is 0 Å². The smallest absolute Gasteiger partial charge is 0.411 e. The Morgan fingerprint density at radius 1 is 1.43 bits per heavy atom. The molecular weight excluding hydrogens is 298 g/mol. The van der Waals surface area contributed by atoms with Crippen LogP contribution in [0.2, 0.25) is 0 Å². The normalized spacial score (nSPS) is 23.0. The lowest BCUT2D eigenvalue weighted by Crippen LogP contribution is -2.46. The molecule has 1 saturated heterocycles. The Balaban J connectivity index is 2.78. The highest BCUT2D eigenvalue weighted by Crippen LogP contribution is 2.20. The molecule has 1 rings (SSSR count). The van der Waals surface area contributed by atoms with Crippen LogP contribution in [-0.4, -0.2) is 55.9 Å². The summed E-state index contributed by atoms with van der Waals surface area (Å²) in [4.78, 5) is 24.1. The van der Waals surface area contributed by atoms with E-state index < -0.39 is 33.9 Å². The molecule has 21 heavy (non-hydrogen) atoms. The lowest BCUT2D eigenvalue weighted by atomic mass is 10.2. The monoisotopic (exact) mass is 321 g/mol. The molecule has 1 aliphatic heterocycles. The van der Waals surface area contributed by atoms with Gasteiger partial charge >= 0.3 is 6.09 Å². The van der Waals surface area contributed by atoms with Gasteiger partial charge in [-0.2, -0.15) is 0 Å². The van der Waals surface area contributed by atoms with Crippen molar-refractivity contribution in [2.24, 2.45) is 0 Å². The van der Waals surface area contributed by atoms with Crippen molar-refractivity contribution in [3.05, 3.63) is 0 Å². The summed E-state index contributed by atoms with van der Waals surface area (Å²) >= 11 is 0. The molecule has 0 aromatic carbocycles. The summed E-state index contributed by atoms with van der Waals surface area (Å²) in [5.74, 6) is -0.0400. The van der Waals surface area contributed by atoms with Crippen molar-refractivity contribution in [3.8, 4) is 0 Å². The highest BCUT2D eigenvalue weighted by atomic mass is 32.2. The van der Waals surface area contributed by atoms with Crippen LogP contribution in [-0.2, 0) is 19.6 Å². The first-order chi connectivity index (χ1) is 9.58. The molecule has 0 radical (unpaired) electrons. The topological polar surface area (TPSA) is 105 Å². The van der Waals surface area contributed by atoms with Gasteiger partial charge in [0, 0.05) is 19.0 Å². The van der Waals surface area contributed by atoms with Crippen molar-refractivity contribution in [1.29, 1.82) is 0 Å². The molecule has 2 atom stereocenters. The molecule has 0 spiro atoms. The van der Waals surface area contributed by atoms with Crippen LogP contribution in [0.1, 0.15) is 34.1 Å². The van der Waals surface area contributed by atoms with E-state index in [-0.39, 0.29) is 12.3 Å². The van der Waals surface area contributed by atoms with Gasteiger partial charge in [-0.1, -0.05) is 0 Å². The minimum Gasteiger partial charge on any atom is -0.444 e. The number of likely N-dealkylation sites (tertiary alicyclic amines) is 1. The van der Waals surface area contributed by atoms with Crippen molar-refractivity contribution >= 4 is 22.5 Å². The zero-order valence-electron chi connectivity index (χ0n) is 12.8. The van der Waals surface area contributed by atoms with Gasteiger partial charge in [-0.25, -0.2) is 17.9 Å². The molecule has 0 aromatic rings. The first kappa shape index (κ1) is 17.7. The summed E-state index contributed by atoms with van der Waals surface area (Å²) in [5.41, 5.74) is -0.663. The molecule has 0 bridgehead atoms. The highest BCUT2D eigenvalue weighted by Gasteiger charge is 2.38. The Hall–Kier alpha value is -1.35. The van der Waals surface area contributed by atoms with Gasteiger partial charge in [-0.05, 0) is 27.7 Å². The van der Waals surface area contributed by atoms with Crippen molar-refractivity contribution < 1.29 is 22.7 Å². The Morgan fingerprint density at radius 3 is 2.52 bits per heavy atom. The second kappa shape index (κ2) is 6.61. The molecule has 122 valence electrons. The summed E-state index contributed by atoms with van der Waals surface area (Å²) < 4.78 is 30.9. The number of nitrogens with one attached hydrogen (secondary N) is 2. The Bertz CT molecular complexity index is 486. The molecule has 1 heterocycles. The van der Waals surface area contributed by atoms with E-state index in [1.54, 1.807) is 20.8 Å². The van der Waals surface area contributed by atoms with Crippen molar-refractivity contribution in [2.45, 2.75) is 51.9 Å².